The molecule has 2 rings (SSSR count). The van der Waals surface area contributed by atoms with Crippen molar-refractivity contribution in [3.63, 3.8) is 0 Å². The summed E-state index contributed by atoms with van der Waals surface area (Å²) < 4.78 is 38.0. The van der Waals surface area contributed by atoms with E-state index in [9.17, 15) is 23.1 Å². The molecular weight excluding hydrogens is 363 g/mol. The van der Waals surface area contributed by atoms with Crippen molar-refractivity contribution in [2.45, 2.75) is 61.0 Å². The highest BCUT2D eigenvalue weighted by Crippen LogP contribution is 2.37. The largest absolute Gasteiger partial charge is 0.426 e. The van der Waals surface area contributed by atoms with Crippen molar-refractivity contribution in [3.05, 3.63) is 23.2 Å². The summed E-state index contributed by atoms with van der Waals surface area (Å²) >= 11 is 7.75. The van der Waals surface area contributed by atoms with Crippen molar-refractivity contribution in [1.29, 1.82) is 0 Å². The van der Waals surface area contributed by atoms with Gasteiger partial charge < -0.3 is 10.4 Å². The standard InChI is InChI=1S/C16H19ClF3NO2S/c1-15(23,16(18,19)20)14(22)21-13-8-7-11(9-12(13)17)24-10-5-3-2-4-6-10/h7-10,23H,2-6H2,1H3,(H,21,22). The molecule has 0 saturated heterocycles. The van der Waals surface area contributed by atoms with Crippen molar-refractivity contribution in [2.24, 2.45) is 0 Å². The van der Waals surface area contributed by atoms with Crippen LogP contribution in [0.1, 0.15) is 39.0 Å². The Morgan fingerprint density at radius 1 is 1.29 bits per heavy atom. The van der Waals surface area contributed by atoms with E-state index in [0.29, 0.717) is 12.2 Å². The second-order valence-electron chi connectivity index (χ2n) is 6.04. The molecule has 3 nitrogen and oxygen atoms in total. The lowest BCUT2D eigenvalue weighted by Crippen LogP contribution is -2.52. The minimum absolute atomic E-state index is 0.0409. The molecule has 1 aromatic rings. The Hall–Kier alpha value is -0.920. The van der Waals surface area contributed by atoms with E-state index in [1.54, 1.807) is 23.9 Å². The van der Waals surface area contributed by atoms with E-state index >= 15 is 0 Å². The lowest BCUT2D eigenvalue weighted by molar-refractivity contribution is -0.242. The second-order valence-corrected chi connectivity index (χ2v) is 7.82. The first-order valence-electron chi connectivity index (χ1n) is 7.68. The van der Waals surface area contributed by atoms with Crippen LogP contribution in [0.25, 0.3) is 0 Å². The van der Waals surface area contributed by atoms with Crippen LogP contribution in [0.15, 0.2) is 23.1 Å². The molecule has 0 heterocycles. The molecule has 0 aliphatic heterocycles. The summed E-state index contributed by atoms with van der Waals surface area (Å²) in [5, 5.41) is 12.1. The normalized spacial score (nSPS) is 18.9. The van der Waals surface area contributed by atoms with Crippen molar-refractivity contribution in [1.82, 2.24) is 0 Å². The fourth-order valence-electron chi connectivity index (χ4n) is 2.42. The predicted molar refractivity (Wildman–Crippen MR) is 89.5 cm³/mol. The molecule has 24 heavy (non-hydrogen) atoms. The Morgan fingerprint density at radius 2 is 1.92 bits per heavy atom. The molecule has 1 amide bonds. The van der Waals surface area contributed by atoms with Crippen LogP contribution in [0.4, 0.5) is 18.9 Å². The fraction of sp³-hybridized carbons (Fsp3) is 0.562. The van der Waals surface area contributed by atoms with Gasteiger partial charge in [-0.05, 0) is 38.0 Å². The quantitative estimate of drug-likeness (QED) is 0.770. The molecular formula is C16H19ClF3NO2S. The van der Waals surface area contributed by atoms with E-state index in [1.165, 1.54) is 25.3 Å². The second kappa shape index (κ2) is 7.54. The summed E-state index contributed by atoms with van der Waals surface area (Å²) in [7, 11) is 0. The lowest BCUT2D eigenvalue weighted by atomic mass is 10.0. The number of carbonyl (C=O) groups is 1. The van der Waals surface area contributed by atoms with E-state index in [2.05, 4.69) is 0 Å². The van der Waals surface area contributed by atoms with E-state index in [1.807, 2.05) is 5.32 Å². The van der Waals surface area contributed by atoms with Gasteiger partial charge in [0.1, 0.15) is 0 Å². The van der Waals surface area contributed by atoms with Crippen LogP contribution in [0.3, 0.4) is 0 Å². The molecule has 1 unspecified atom stereocenters. The highest BCUT2D eigenvalue weighted by Gasteiger charge is 2.55. The van der Waals surface area contributed by atoms with Gasteiger partial charge in [0.2, 0.25) is 5.60 Å². The van der Waals surface area contributed by atoms with Gasteiger partial charge in [0.25, 0.3) is 5.91 Å². The highest BCUT2D eigenvalue weighted by atomic mass is 35.5. The molecule has 1 aromatic carbocycles. The lowest BCUT2D eigenvalue weighted by Gasteiger charge is -2.25. The van der Waals surface area contributed by atoms with Gasteiger partial charge in [-0.3, -0.25) is 4.79 Å². The van der Waals surface area contributed by atoms with E-state index in [0.717, 1.165) is 17.7 Å². The average molecular weight is 382 g/mol. The van der Waals surface area contributed by atoms with Crippen molar-refractivity contribution in [2.75, 3.05) is 5.32 Å². The summed E-state index contributed by atoms with van der Waals surface area (Å²) in [5.41, 5.74) is -3.44. The summed E-state index contributed by atoms with van der Waals surface area (Å²) in [6.45, 7) is 0.406. The highest BCUT2D eigenvalue weighted by molar-refractivity contribution is 8.00. The Kier molecular flexibility index (Phi) is 6.09. The van der Waals surface area contributed by atoms with Gasteiger partial charge in [0.05, 0.1) is 10.7 Å². The summed E-state index contributed by atoms with van der Waals surface area (Å²) in [6, 6.07) is 4.79. The first-order chi connectivity index (χ1) is 11.1. The summed E-state index contributed by atoms with van der Waals surface area (Å²) in [6.07, 6.45) is 0.852. The molecule has 134 valence electrons. The van der Waals surface area contributed by atoms with Crippen LogP contribution >= 0.6 is 23.4 Å². The molecule has 0 aromatic heterocycles. The number of benzene rings is 1. The number of anilines is 1. The molecule has 1 aliphatic carbocycles. The minimum atomic E-state index is -5.07. The number of carbonyl (C=O) groups excluding carboxylic acids is 1. The van der Waals surface area contributed by atoms with Crippen LogP contribution in [-0.2, 0) is 4.79 Å². The average Bonchev–Trinajstić information content (AvgIpc) is 2.49. The number of nitrogens with one attached hydrogen (secondary N) is 1. The third kappa shape index (κ3) is 4.58. The maximum atomic E-state index is 12.7. The smallest absolute Gasteiger partial charge is 0.373 e. The van der Waals surface area contributed by atoms with E-state index in [-0.39, 0.29) is 10.7 Å². The Morgan fingerprint density at radius 3 is 2.46 bits per heavy atom. The first-order valence-corrected chi connectivity index (χ1v) is 8.94. The molecule has 2 N–H and O–H groups in total. The van der Waals surface area contributed by atoms with Crippen LogP contribution in [0, 0.1) is 0 Å². The number of hydrogen-bond acceptors (Lipinski definition) is 3. The van der Waals surface area contributed by atoms with Gasteiger partial charge in [-0.15, -0.1) is 11.8 Å². The number of hydrogen-bond donors (Lipinski definition) is 2. The van der Waals surface area contributed by atoms with Gasteiger partial charge in [0.15, 0.2) is 0 Å². The molecule has 1 aliphatic rings. The number of halogens is 4. The Labute approximate surface area is 148 Å². The maximum Gasteiger partial charge on any atom is 0.426 e. The fourth-order valence-corrected chi connectivity index (χ4v) is 4.00. The van der Waals surface area contributed by atoms with E-state index < -0.39 is 17.7 Å². The summed E-state index contributed by atoms with van der Waals surface area (Å²) in [5.74, 6) is -1.57. The number of rotatable bonds is 4. The topological polar surface area (TPSA) is 49.3 Å². The monoisotopic (exact) mass is 381 g/mol. The number of alkyl halides is 3. The third-order valence-electron chi connectivity index (χ3n) is 4.04. The van der Waals surface area contributed by atoms with Crippen molar-refractivity contribution < 1.29 is 23.1 Å². The first kappa shape index (κ1) is 19.4. The van der Waals surface area contributed by atoms with Gasteiger partial charge >= 0.3 is 6.18 Å². The molecule has 0 spiro atoms. The number of amides is 1. The van der Waals surface area contributed by atoms with Crippen LogP contribution in [0.2, 0.25) is 5.02 Å². The van der Waals surface area contributed by atoms with Crippen LogP contribution in [-0.4, -0.2) is 28.0 Å². The zero-order valence-corrected chi connectivity index (χ0v) is 14.7. The molecule has 0 bridgehead atoms. The van der Waals surface area contributed by atoms with Gasteiger partial charge in [-0.25, -0.2) is 0 Å². The molecule has 1 saturated carbocycles. The van der Waals surface area contributed by atoms with Crippen LogP contribution < -0.4 is 5.32 Å². The third-order valence-corrected chi connectivity index (χ3v) is 5.68. The molecule has 0 radical (unpaired) electrons. The number of aliphatic hydroxyl groups is 1. The van der Waals surface area contributed by atoms with Gasteiger partial charge in [-0.2, -0.15) is 13.2 Å². The van der Waals surface area contributed by atoms with Gasteiger partial charge in [-0.1, -0.05) is 30.9 Å². The number of thioether (sulfide) groups is 1. The molecule has 8 heteroatoms. The van der Waals surface area contributed by atoms with Crippen LogP contribution in [0.5, 0.6) is 0 Å². The molecule has 1 fully saturated rings. The molecule has 1 atom stereocenters. The Balaban J connectivity index is 2.05. The summed E-state index contributed by atoms with van der Waals surface area (Å²) in [4.78, 5) is 12.6. The van der Waals surface area contributed by atoms with E-state index in [4.69, 9.17) is 11.6 Å². The van der Waals surface area contributed by atoms with Gasteiger partial charge in [0, 0.05) is 10.1 Å². The predicted octanol–water partition coefficient (Wildman–Crippen LogP) is 5.02. The Bertz CT molecular complexity index is 601. The zero-order chi connectivity index (χ0) is 18.0. The maximum absolute atomic E-state index is 12.7. The zero-order valence-electron chi connectivity index (χ0n) is 13.1. The van der Waals surface area contributed by atoms with Crippen molar-refractivity contribution in [3.8, 4) is 0 Å². The SMILES string of the molecule is CC(O)(C(=O)Nc1ccc(SC2CCCCC2)cc1Cl)C(F)(F)F. The minimum Gasteiger partial charge on any atom is -0.373 e. The van der Waals surface area contributed by atoms with Crippen molar-refractivity contribution >= 4 is 35.0 Å².